The van der Waals surface area contributed by atoms with E-state index in [1.165, 1.54) is 12.8 Å². The summed E-state index contributed by atoms with van der Waals surface area (Å²) < 4.78 is 28.2. The summed E-state index contributed by atoms with van der Waals surface area (Å²) >= 11 is 0. The molecule has 0 aromatic rings. The van der Waals surface area contributed by atoms with Crippen LogP contribution in [0.5, 0.6) is 0 Å². The maximum atomic E-state index is 11.3. The smallest absolute Gasteiger partial charge is 0.152 e. The van der Waals surface area contributed by atoms with Crippen molar-refractivity contribution in [2.45, 2.75) is 38.7 Å². The van der Waals surface area contributed by atoms with E-state index in [-0.39, 0.29) is 17.6 Å². The van der Waals surface area contributed by atoms with Gasteiger partial charge in [0.05, 0.1) is 18.5 Å². The Morgan fingerprint density at radius 3 is 2.62 bits per heavy atom. The molecule has 0 aliphatic heterocycles. The zero-order valence-corrected chi connectivity index (χ0v) is 10.8. The van der Waals surface area contributed by atoms with Crippen molar-refractivity contribution in [2.24, 2.45) is 11.7 Å². The van der Waals surface area contributed by atoms with Crippen LogP contribution in [0.15, 0.2) is 0 Å². The number of ether oxygens (including phenoxy) is 1. The second kappa shape index (κ2) is 6.57. The Morgan fingerprint density at radius 2 is 2.00 bits per heavy atom. The summed E-state index contributed by atoms with van der Waals surface area (Å²) in [6.45, 7) is 2.63. The van der Waals surface area contributed by atoms with Crippen molar-refractivity contribution in [3.05, 3.63) is 0 Å². The van der Waals surface area contributed by atoms with Gasteiger partial charge in [0.25, 0.3) is 0 Å². The van der Waals surface area contributed by atoms with Gasteiger partial charge in [-0.1, -0.05) is 19.8 Å². The SMILES string of the molecule is CCS(=O)(=O)CCOC1CCCCC1CN. The molecule has 16 heavy (non-hydrogen) atoms. The third-order valence-corrected chi connectivity index (χ3v) is 4.98. The first-order chi connectivity index (χ1) is 7.59. The number of rotatable bonds is 6. The maximum Gasteiger partial charge on any atom is 0.152 e. The van der Waals surface area contributed by atoms with Gasteiger partial charge >= 0.3 is 0 Å². The van der Waals surface area contributed by atoms with Gasteiger partial charge in [-0.25, -0.2) is 8.42 Å². The minimum atomic E-state index is -2.90. The fraction of sp³-hybridized carbons (Fsp3) is 1.00. The molecule has 0 spiro atoms. The molecular formula is C11H23NO3S. The van der Waals surface area contributed by atoms with Crippen LogP contribution in [0.4, 0.5) is 0 Å². The highest BCUT2D eigenvalue weighted by atomic mass is 32.2. The first kappa shape index (κ1) is 13.9. The average molecular weight is 249 g/mol. The Balaban J connectivity index is 2.30. The lowest BCUT2D eigenvalue weighted by Gasteiger charge is -2.30. The standard InChI is InChI=1S/C11H23NO3S/c1-2-16(13,14)8-7-15-11-6-4-3-5-10(11)9-12/h10-11H,2-9,12H2,1H3. The van der Waals surface area contributed by atoms with Gasteiger partial charge in [-0.2, -0.15) is 0 Å². The van der Waals surface area contributed by atoms with E-state index in [2.05, 4.69) is 0 Å². The molecule has 2 N–H and O–H groups in total. The number of hydrogen-bond acceptors (Lipinski definition) is 4. The van der Waals surface area contributed by atoms with Crippen LogP contribution in [0.3, 0.4) is 0 Å². The monoisotopic (exact) mass is 249 g/mol. The second-order valence-corrected chi connectivity index (χ2v) is 6.90. The predicted octanol–water partition coefficient (Wildman–Crippen LogP) is 0.955. The summed E-state index contributed by atoms with van der Waals surface area (Å²) in [4.78, 5) is 0. The Bertz CT molecular complexity index is 290. The molecule has 1 aliphatic carbocycles. The summed E-state index contributed by atoms with van der Waals surface area (Å²) in [5, 5.41) is 0. The molecule has 2 unspecified atom stereocenters. The molecule has 0 aromatic heterocycles. The van der Waals surface area contributed by atoms with Gasteiger partial charge in [0, 0.05) is 5.75 Å². The lowest BCUT2D eigenvalue weighted by Crippen LogP contribution is -2.34. The Kier molecular flexibility index (Phi) is 5.72. The van der Waals surface area contributed by atoms with Crippen LogP contribution >= 0.6 is 0 Å². The van der Waals surface area contributed by atoms with Crippen LogP contribution in [0, 0.1) is 5.92 Å². The van der Waals surface area contributed by atoms with Gasteiger partial charge in [0.15, 0.2) is 9.84 Å². The molecule has 1 rings (SSSR count). The van der Waals surface area contributed by atoms with E-state index < -0.39 is 9.84 Å². The third-order valence-electron chi connectivity index (χ3n) is 3.31. The highest BCUT2D eigenvalue weighted by molar-refractivity contribution is 7.91. The van der Waals surface area contributed by atoms with Crippen LogP contribution in [-0.4, -0.2) is 39.2 Å². The zero-order chi connectivity index (χ0) is 12.0. The summed E-state index contributed by atoms with van der Waals surface area (Å²) in [6.07, 6.45) is 4.69. The van der Waals surface area contributed by atoms with Crippen molar-refractivity contribution in [1.82, 2.24) is 0 Å². The van der Waals surface area contributed by atoms with E-state index in [9.17, 15) is 8.42 Å². The molecular weight excluding hydrogens is 226 g/mol. The van der Waals surface area contributed by atoms with Crippen molar-refractivity contribution in [3.8, 4) is 0 Å². The molecule has 96 valence electrons. The minimum Gasteiger partial charge on any atom is -0.377 e. The van der Waals surface area contributed by atoms with Crippen LogP contribution in [0.25, 0.3) is 0 Å². The highest BCUT2D eigenvalue weighted by Crippen LogP contribution is 2.25. The molecule has 0 heterocycles. The van der Waals surface area contributed by atoms with Crippen molar-refractivity contribution in [1.29, 1.82) is 0 Å². The first-order valence-electron chi connectivity index (χ1n) is 6.11. The summed E-state index contributed by atoms with van der Waals surface area (Å²) in [7, 11) is -2.90. The Hall–Kier alpha value is -0.130. The Labute approximate surface area is 98.5 Å². The van der Waals surface area contributed by atoms with Crippen LogP contribution in [-0.2, 0) is 14.6 Å². The number of hydrogen-bond donors (Lipinski definition) is 1. The number of sulfone groups is 1. The molecule has 0 radical (unpaired) electrons. The van der Waals surface area contributed by atoms with Gasteiger partial charge in [0.2, 0.25) is 0 Å². The maximum absolute atomic E-state index is 11.3. The summed E-state index contributed by atoms with van der Waals surface area (Å²) in [5.41, 5.74) is 5.68. The van der Waals surface area contributed by atoms with Crippen LogP contribution in [0.2, 0.25) is 0 Å². The van der Waals surface area contributed by atoms with Crippen molar-refractivity contribution < 1.29 is 13.2 Å². The third kappa shape index (κ3) is 4.39. The molecule has 1 fully saturated rings. The normalized spacial score (nSPS) is 26.9. The molecule has 1 saturated carbocycles. The zero-order valence-electron chi connectivity index (χ0n) is 10.0. The fourth-order valence-corrected chi connectivity index (χ4v) is 2.77. The van der Waals surface area contributed by atoms with Crippen molar-refractivity contribution >= 4 is 9.84 Å². The molecule has 0 aromatic carbocycles. The number of nitrogens with two attached hydrogens (primary N) is 1. The van der Waals surface area contributed by atoms with Gasteiger partial charge in [0.1, 0.15) is 0 Å². The summed E-state index contributed by atoms with van der Waals surface area (Å²) in [6, 6.07) is 0. The second-order valence-electron chi connectivity index (χ2n) is 4.43. The lowest BCUT2D eigenvalue weighted by atomic mass is 9.86. The average Bonchev–Trinajstić information content (AvgIpc) is 2.29. The largest absolute Gasteiger partial charge is 0.377 e. The van der Waals surface area contributed by atoms with E-state index in [4.69, 9.17) is 10.5 Å². The lowest BCUT2D eigenvalue weighted by molar-refractivity contribution is -0.000115. The van der Waals surface area contributed by atoms with Crippen molar-refractivity contribution in [2.75, 3.05) is 24.7 Å². The molecule has 0 bridgehead atoms. The molecule has 4 nitrogen and oxygen atoms in total. The first-order valence-corrected chi connectivity index (χ1v) is 7.93. The minimum absolute atomic E-state index is 0.136. The van der Waals surface area contributed by atoms with Gasteiger partial charge < -0.3 is 10.5 Å². The fourth-order valence-electron chi connectivity index (χ4n) is 2.13. The van der Waals surface area contributed by atoms with E-state index in [0.29, 0.717) is 19.1 Å². The van der Waals surface area contributed by atoms with E-state index in [1.54, 1.807) is 6.92 Å². The molecule has 1 aliphatic rings. The van der Waals surface area contributed by atoms with Gasteiger partial charge in [-0.05, 0) is 25.3 Å². The van der Waals surface area contributed by atoms with E-state index in [0.717, 1.165) is 12.8 Å². The van der Waals surface area contributed by atoms with Gasteiger partial charge in [-0.3, -0.25) is 0 Å². The summed E-state index contributed by atoms with van der Waals surface area (Å²) in [5.74, 6) is 0.747. The van der Waals surface area contributed by atoms with Gasteiger partial charge in [-0.15, -0.1) is 0 Å². The van der Waals surface area contributed by atoms with Crippen molar-refractivity contribution in [3.63, 3.8) is 0 Å². The van der Waals surface area contributed by atoms with Crippen LogP contribution in [0.1, 0.15) is 32.6 Å². The molecule has 0 saturated heterocycles. The highest BCUT2D eigenvalue weighted by Gasteiger charge is 2.24. The van der Waals surface area contributed by atoms with E-state index in [1.807, 2.05) is 0 Å². The molecule has 2 atom stereocenters. The Morgan fingerprint density at radius 1 is 1.31 bits per heavy atom. The molecule has 5 heteroatoms. The quantitative estimate of drug-likeness (QED) is 0.761. The predicted molar refractivity (Wildman–Crippen MR) is 65.1 cm³/mol. The topological polar surface area (TPSA) is 69.4 Å². The molecule has 0 amide bonds. The van der Waals surface area contributed by atoms with E-state index >= 15 is 0 Å². The van der Waals surface area contributed by atoms with Crippen LogP contribution < -0.4 is 5.73 Å².